The highest BCUT2D eigenvalue weighted by atomic mass is 32.1. The van der Waals surface area contributed by atoms with E-state index in [0.717, 1.165) is 0 Å². The van der Waals surface area contributed by atoms with Crippen LogP contribution in [0.5, 0.6) is 0 Å². The molecule has 0 aliphatic heterocycles. The lowest BCUT2D eigenvalue weighted by Gasteiger charge is -2.17. The Morgan fingerprint density at radius 3 is 2.67 bits per heavy atom. The van der Waals surface area contributed by atoms with Gasteiger partial charge in [-0.2, -0.15) is 0 Å². The van der Waals surface area contributed by atoms with Gasteiger partial charge < -0.3 is 10.5 Å². The van der Waals surface area contributed by atoms with Crippen LogP contribution in [0.2, 0.25) is 0 Å². The number of aryl methyl sites for hydroxylation is 1. The van der Waals surface area contributed by atoms with Gasteiger partial charge in [0.1, 0.15) is 0 Å². The molecule has 0 fully saturated rings. The van der Waals surface area contributed by atoms with Gasteiger partial charge in [0.25, 0.3) is 0 Å². The predicted octanol–water partition coefficient (Wildman–Crippen LogP) is 2.09. The zero-order valence-corrected chi connectivity index (χ0v) is 8.52. The fourth-order valence-corrected chi connectivity index (χ4v) is 2.11. The van der Waals surface area contributed by atoms with Crippen LogP contribution in [0, 0.1) is 6.92 Å². The highest BCUT2D eigenvalue weighted by Gasteiger charge is 2.16. The zero-order valence-electron chi connectivity index (χ0n) is 7.70. The Labute approximate surface area is 77.3 Å². The Morgan fingerprint density at radius 2 is 2.25 bits per heavy atom. The molecule has 0 saturated carbocycles. The number of methoxy groups -OCH3 is 1. The summed E-state index contributed by atoms with van der Waals surface area (Å²) in [6.45, 7) is 4.07. The Bertz CT molecular complexity index is 246. The van der Waals surface area contributed by atoms with E-state index in [-0.39, 0.29) is 12.1 Å². The first-order valence-electron chi connectivity index (χ1n) is 3.99. The summed E-state index contributed by atoms with van der Waals surface area (Å²) >= 11 is 1.70. The van der Waals surface area contributed by atoms with E-state index in [1.165, 1.54) is 10.4 Å². The molecule has 0 aromatic carbocycles. The van der Waals surface area contributed by atoms with Gasteiger partial charge in [0.15, 0.2) is 0 Å². The highest BCUT2D eigenvalue weighted by Crippen LogP contribution is 2.25. The molecule has 12 heavy (non-hydrogen) atoms. The Kier molecular flexibility index (Phi) is 3.26. The fourth-order valence-electron chi connectivity index (χ4n) is 1.09. The molecular weight excluding hydrogens is 170 g/mol. The Balaban J connectivity index is 2.77. The third kappa shape index (κ3) is 1.86. The van der Waals surface area contributed by atoms with Gasteiger partial charge in [-0.05, 0) is 30.9 Å². The molecule has 68 valence electrons. The summed E-state index contributed by atoms with van der Waals surface area (Å²) in [5.74, 6) is 0. The van der Waals surface area contributed by atoms with Gasteiger partial charge >= 0.3 is 0 Å². The van der Waals surface area contributed by atoms with Crippen molar-refractivity contribution < 1.29 is 4.74 Å². The predicted molar refractivity (Wildman–Crippen MR) is 52.5 cm³/mol. The molecule has 1 heterocycles. The highest BCUT2D eigenvalue weighted by molar-refractivity contribution is 7.10. The smallest absolute Gasteiger partial charge is 0.0743 e. The minimum absolute atomic E-state index is 0.00926. The van der Waals surface area contributed by atoms with Crippen molar-refractivity contribution >= 4 is 11.3 Å². The standard InChI is InChI=1S/C9H15NOS/c1-6-4-5-12-9(6)8(10)7(2)11-3/h4-5,7-8H,10H2,1-3H3. The van der Waals surface area contributed by atoms with Crippen molar-refractivity contribution in [1.82, 2.24) is 0 Å². The van der Waals surface area contributed by atoms with Crippen molar-refractivity contribution in [1.29, 1.82) is 0 Å². The molecule has 3 heteroatoms. The van der Waals surface area contributed by atoms with Crippen LogP contribution in [0.15, 0.2) is 11.4 Å². The van der Waals surface area contributed by atoms with Crippen LogP contribution in [0.4, 0.5) is 0 Å². The second-order valence-electron chi connectivity index (χ2n) is 2.93. The van der Waals surface area contributed by atoms with Gasteiger partial charge in [-0.3, -0.25) is 0 Å². The summed E-state index contributed by atoms with van der Waals surface area (Å²) in [6.07, 6.45) is 0.0855. The maximum Gasteiger partial charge on any atom is 0.0743 e. The van der Waals surface area contributed by atoms with Crippen LogP contribution < -0.4 is 5.73 Å². The molecule has 2 unspecified atom stereocenters. The summed E-state index contributed by atoms with van der Waals surface area (Å²) < 4.78 is 5.17. The van der Waals surface area contributed by atoms with E-state index in [1.54, 1.807) is 18.4 Å². The largest absolute Gasteiger partial charge is 0.380 e. The number of hydrogen-bond donors (Lipinski definition) is 1. The van der Waals surface area contributed by atoms with E-state index >= 15 is 0 Å². The number of rotatable bonds is 3. The monoisotopic (exact) mass is 185 g/mol. The van der Waals surface area contributed by atoms with Crippen LogP contribution in [0.1, 0.15) is 23.4 Å². The first kappa shape index (κ1) is 9.71. The first-order valence-corrected chi connectivity index (χ1v) is 4.87. The maximum atomic E-state index is 5.98. The quantitative estimate of drug-likeness (QED) is 0.782. The normalized spacial score (nSPS) is 16.0. The summed E-state index contributed by atoms with van der Waals surface area (Å²) in [5, 5.41) is 2.06. The van der Waals surface area contributed by atoms with Crippen molar-refractivity contribution in [2.45, 2.75) is 26.0 Å². The number of nitrogens with two attached hydrogens (primary N) is 1. The number of hydrogen-bond acceptors (Lipinski definition) is 3. The Morgan fingerprint density at radius 1 is 1.58 bits per heavy atom. The van der Waals surface area contributed by atoms with Crippen molar-refractivity contribution in [3.8, 4) is 0 Å². The molecule has 0 bridgehead atoms. The van der Waals surface area contributed by atoms with Crippen LogP contribution in [-0.4, -0.2) is 13.2 Å². The average molecular weight is 185 g/mol. The second-order valence-corrected chi connectivity index (χ2v) is 3.88. The van der Waals surface area contributed by atoms with Gasteiger partial charge in [0, 0.05) is 12.0 Å². The van der Waals surface area contributed by atoms with Gasteiger partial charge in [-0.25, -0.2) is 0 Å². The summed E-state index contributed by atoms with van der Waals surface area (Å²) in [4.78, 5) is 1.23. The second kappa shape index (κ2) is 4.03. The third-order valence-corrected chi connectivity index (χ3v) is 3.20. The van der Waals surface area contributed by atoms with Crippen LogP contribution in [0.3, 0.4) is 0 Å². The lowest BCUT2D eigenvalue weighted by molar-refractivity contribution is 0.0965. The lowest BCUT2D eigenvalue weighted by atomic mass is 10.1. The van der Waals surface area contributed by atoms with E-state index in [1.807, 2.05) is 6.92 Å². The summed E-state index contributed by atoms with van der Waals surface area (Å²) in [7, 11) is 1.69. The molecule has 1 aromatic heterocycles. The zero-order chi connectivity index (χ0) is 9.14. The molecule has 0 spiro atoms. The van der Waals surface area contributed by atoms with E-state index in [9.17, 15) is 0 Å². The first-order chi connectivity index (χ1) is 5.66. The SMILES string of the molecule is COC(C)C(N)c1sccc1C. The van der Waals surface area contributed by atoms with Crippen molar-refractivity contribution in [3.63, 3.8) is 0 Å². The minimum Gasteiger partial charge on any atom is -0.380 e. The van der Waals surface area contributed by atoms with Crippen LogP contribution in [0.25, 0.3) is 0 Å². The maximum absolute atomic E-state index is 5.98. The third-order valence-electron chi connectivity index (χ3n) is 2.08. The molecule has 0 saturated heterocycles. The fraction of sp³-hybridized carbons (Fsp3) is 0.556. The van der Waals surface area contributed by atoms with Crippen molar-refractivity contribution in [2.24, 2.45) is 5.73 Å². The van der Waals surface area contributed by atoms with Crippen LogP contribution in [-0.2, 0) is 4.74 Å². The lowest BCUT2D eigenvalue weighted by Crippen LogP contribution is -2.24. The topological polar surface area (TPSA) is 35.2 Å². The number of thiophene rings is 1. The van der Waals surface area contributed by atoms with Crippen molar-refractivity contribution in [2.75, 3.05) is 7.11 Å². The minimum atomic E-state index is 0.00926. The molecule has 0 amide bonds. The van der Waals surface area contributed by atoms with Gasteiger partial charge in [-0.15, -0.1) is 11.3 Å². The van der Waals surface area contributed by atoms with Gasteiger partial charge in [-0.1, -0.05) is 0 Å². The molecule has 1 rings (SSSR count). The van der Waals surface area contributed by atoms with E-state index in [0.29, 0.717) is 0 Å². The Hall–Kier alpha value is -0.380. The molecule has 0 radical (unpaired) electrons. The average Bonchev–Trinajstić information content (AvgIpc) is 2.48. The van der Waals surface area contributed by atoms with Crippen molar-refractivity contribution in [3.05, 3.63) is 21.9 Å². The molecule has 2 N–H and O–H groups in total. The van der Waals surface area contributed by atoms with E-state index < -0.39 is 0 Å². The molecule has 2 nitrogen and oxygen atoms in total. The molecule has 0 aliphatic carbocycles. The molecule has 2 atom stereocenters. The molecular formula is C9H15NOS. The number of ether oxygens (including phenoxy) is 1. The molecule has 1 aromatic rings. The van der Waals surface area contributed by atoms with Gasteiger partial charge in [0.2, 0.25) is 0 Å². The molecule has 0 aliphatic rings. The van der Waals surface area contributed by atoms with E-state index in [2.05, 4.69) is 18.4 Å². The van der Waals surface area contributed by atoms with Gasteiger partial charge in [0.05, 0.1) is 12.1 Å². The van der Waals surface area contributed by atoms with E-state index in [4.69, 9.17) is 10.5 Å². The summed E-state index contributed by atoms with van der Waals surface area (Å²) in [6, 6.07) is 2.09. The summed E-state index contributed by atoms with van der Waals surface area (Å²) in [5.41, 5.74) is 7.24. The van der Waals surface area contributed by atoms with Crippen LogP contribution >= 0.6 is 11.3 Å².